The Hall–Kier alpha value is -0.990. The van der Waals surface area contributed by atoms with Gasteiger partial charge in [0.2, 0.25) is 0 Å². The summed E-state index contributed by atoms with van der Waals surface area (Å²) in [5, 5.41) is 9.28. The van der Waals surface area contributed by atoms with E-state index in [1.54, 1.807) is 6.92 Å². The summed E-state index contributed by atoms with van der Waals surface area (Å²) in [5.41, 5.74) is 0. The maximum absolute atomic E-state index is 12.0. The van der Waals surface area contributed by atoms with Crippen LogP contribution in [0.25, 0.3) is 0 Å². The third-order valence-corrected chi connectivity index (χ3v) is 5.76. The first-order valence-corrected chi connectivity index (χ1v) is 7.29. The SMILES string of the molecule is Cc1ncc(S(=O)(=O)N2CC(CC(=O)O)C2)s1. The van der Waals surface area contributed by atoms with E-state index in [1.165, 1.54) is 10.5 Å². The molecule has 1 N–H and O–H groups in total. The Morgan fingerprint density at radius 3 is 2.76 bits per heavy atom. The molecule has 0 unspecified atom stereocenters. The number of thiazole rings is 1. The number of aliphatic carboxylic acids is 1. The van der Waals surface area contributed by atoms with E-state index in [0.29, 0.717) is 5.01 Å². The molecule has 8 heteroatoms. The fourth-order valence-corrected chi connectivity index (χ4v) is 4.54. The molecular formula is C9H12N2O4S2. The fourth-order valence-electron chi connectivity index (χ4n) is 1.68. The maximum Gasteiger partial charge on any atom is 0.303 e. The Bertz CT molecular complexity index is 531. The smallest absolute Gasteiger partial charge is 0.303 e. The Kier molecular flexibility index (Phi) is 3.19. The van der Waals surface area contributed by atoms with Gasteiger partial charge in [0.05, 0.1) is 17.6 Å². The van der Waals surface area contributed by atoms with Gasteiger partial charge in [-0.2, -0.15) is 4.31 Å². The van der Waals surface area contributed by atoms with Gasteiger partial charge >= 0.3 is 5.97 Å². The molecule has 1 aliphatic rings. The van der Waals surface area contributed by atoms with Gasteiger partial charge in [0, 0.05) is 13.1 Å². The number of hydrogen-bond donors (Lipinski definition) is 1. The molecule has 0 spiro atoms. The van der Waals surface area contributed by atoms with Gasteiger partial charge in [-0.1, -0.05) is 0 Å². The number of sulfonamides is 1. The summed E-state index contributed by atoms with van der Waals surface area (Å²) < 4.78 is 25.5. The second kappa shape index (κ2) is 4.35. The molecule has 1 fully saturated rings. The summed E-state index contributed by atoms with van der Waals surface area (Å²) >= 11 is 1.13. The van der Waals surface area contributed by atoms with Crippen LogP contribution in [0.2, 0.25) is 0 Å². The summed E-state index contributed by atoms with van der Waals surface area (Å²) in [6.07, 6.45) is 1.37. The lowest BCUT2D eigenvalue weighted by Gasteiger charge is -2.36. The summed E-state index contributed by atoms with van der Waals surface area (Å²) in [6.45, 7) is 2.31. The number of carboxylic acid groups (broad SMARTS) is 1. The molecule has 0 saturated carbocycles. The lowest BCUT2D eigenvalue weighted by atomic mass is 10.00. The van der Waals surface area contributed by atoms with Gasteiger partial charge in [0.25, 0.3) is 10.0 Å². The van der Waals surface area contributed by atoms with Crippen molar-refractivity contribution in [1.29, 1.82) is 0 Å². The minimum Gasteiger partial charge on any atom is -0.481 e. The normalized spacial score (nSPS) is 17.9. The molecule has 1 aromatic heterocycles. The summed E-state index contributed by atoms with van der Waals surface area (Å²) in [6, 6.07) is 0. The van der Waals surface area contributed by atoms with E-state index in [-0.39, 0.29) is 29.6 Å². The third-order valence-electron chi connectivity index (χ3n) is 2.58. The Labute approximate surface area is 103 Å². The van der Waals surface area contributed by atoms with Gasteiger partial charge in [-0.3, -0.25) is 4.79 Å². The third kappa shape index (κ3) is 2.48. The molecule has 1 aliphatic heterocycles. The van der Waals surface area contributed by atoms with E-state index >= 15 is 0 Å². The van der Waals surface area contributed by atoms with Crippen LogP contribution in [0.3, 0.4) is 0 Å². The van der Waals surface area contributed by atoms with Crippen molar-refractivity contribution < 1.29 is 18.3 Å². The number of rotatable bonds is 4. The van der Waals surface area contributed by atoms with Crippen molar-refractivity contribution in [3.63, 3.8) is 0 Å². The zero-order chi connectivity index (χ0) is 12.6. The number of carbonyl (C=O) groups is 1. The Morgan fingerprint density at radius 2 is 2.29 bits per heavy atom. The Balaban J connectivity index is 2.03. The largest absolute Gasteiger partial charge is 0.481 e. The van der Waals surface area contributed by atoms with Crippen LogP contribution in [0, 0.1) is 12.8 Å². The van der Waals surface area contributed by atoms with Crippen molar-refractivity contribution in [2.45, 2.75) is 17.6 Å². The van der Waals surface area contributed by atoms with E-state index in [4.69, 9.17) is 5.11 Å². The van der Waals surface area contributed by atoms with E-state index in [2.05, 4.69) is 4.98 Å². The number of carboxylic acids is 1. The predicted octanol–water partition coefficient (Wildman–Crippen LogP) is 0.547. The second-order valence-corrected chi connectivity index (χ2v) is 7.38. The van der Waals surface area contributed by atoms with Gasteiger partial charge in [-0.25, -0.2) is 13.4 Å². The van der Waals surface area contributed by atoms with Gasteiger partial charge < -0.3 is 5.11 Å². The monoisotopic (exact) mass is 276 g/mol. The standard InChI is InChI=1S/C9H12N2O4S2/c1-6-10-3-9(16-6)17(14,15)11-4-7(5-11)2-8(12)13/h3,7H,2,4-5H2,1H3,(H,12,13). The van der Waals surface area contributed by atoms with Crippen molar-refractivity contribution >= 4 is 27.3 Å². The predicted molar refractivity (Wildman–Crippen MR) is 61.4 cm³/mol. The van der Waals surface area contributed by atoms with Crippen LogP contribution in [-0.2, 0) is 14.8 Å². The molecule has 0 atom stereocenters. The molecule has 1 saturated heterocycles. The van der Waals surface area contributed by atoms with Crippen molar-refractivity contribution in [2.75, 3.05) is 13.1 Å². The molecule has 0 radical (unpaired) electrons. The first-order chi connectivity index (χ1) is 7.89. The molecule has 0 aliphatic carbocycles. The maximum atomic E-state index is 12.0. The van der Waals surface area contributed by atoms with Crippen LogP contribution >= 0.6 is 11.3 Å². The van der Waals surface area contributed by atoms with Gasteiger partial charge in [0.15, 0.2) is 4.21 Å². The molecule has 0 bridgehead atoms. The van der Waals surface area contributed by atoms with Crippen molar-refractivity contribution in [3.05, 3.63) is 11.2 Å². The minimum absolute atomic E-state index is 0.0216. The van der Waals surface area contributed by atoms with E-state index in [0.717, 1.165) is 11.3 Å². The van der Waals surface area contributed by atoms with Gasteiger partial charge in [0.1, 0.15) is 0 Å². The average molecular weight is 276 g/mol. The van der Waals surface area contributed by atoms with Crippen molar-refractivity contribution in [1.82, 2.24) is 9.29 Å². The zero-order valence-electron chi connectivity index (χ0n) is 9.16. The lowest BCUT2D eigenvalue weighted by Crippen LogP contribution is -2.50. The van der Waals surface area contributed by atoms with Crippen LogP contribution < -0.4 is 0 Å². The molecule has 2 heterocycles. The van der Waals surface area contributed by atoms with Crippen LogP contribution in [0.5, 0.6) is 0 Å². The molecule has 17 heavy (non-hydrogen) atoms. The topological polar surface area (TPSA) is 87.6 Å². The highest BCUT2D eigenvalue weighted by molar-refractivity contribution is 7.91. The highest BCUT2D eigenvalue weighted by Gasteiger charge is 2.38. The summed E-state index contributed by atoms with van der Waals surface area (Å²) in [7, 11) is -3.45. The highest BCUT2D eigenvalue weighted by atomic mass is 32.2. The first-order valence-electron chi connectivity index (χ1n) is 5.04. The fraction of sp³-hybridized carbons (Fsp3) is 0.556. The van der Waals surface area contributed by atoms with E-state index in [9.17, 15) is 13.2 Å². The summed E-state index contributed by atoms with van der Waals surface area (Å²) in [5.74, 6) is -0.961. The number of nitrogens with zero attached hydrogens (tertiary/aromatic N) is 2. The van der Waals surface area contributed by atoms with E-state index in [1.807, 2.05) is 0 Å². The number of hydrogen-bond acceptors (Lipinski definition) is 5. The second-order valence-electron chi connectivity index (χ2n) is 3.98. The van der Waals surface area contributed by atoms with Crippen molar-refractivity contribution in [3.8, 4) is 0 Å². The lowest BCUT2D eigenvalue weighted by molar-refractivity contribution is -0.139. The zero-order valence-corrected chi connectivity index (χ0v) is 10.8. The van der Waals surface area contributed by atoms with Crippen molar-refractivity contribution in [2.24, 2.45) is 5.92 Å². The van der Waals surface area contributed by atoms with Gasteiger partial charge in [-0.15, -0.1) is 11.3 Å². The van der Waals surface area contributed by atoms with Crippen LogP contribution in [0.4, 0.5) is 0 Å². The molecule has 0 aromatic carbocycles. The average Bonchev–Trinajstić information content (AvgIpc) is 2.57. The molecule has 2 rings (SSSR count). The molecule has 6 nitrogen and oxygen atoms in total. The molecular weight excluding hydrogens is 264 g/mol. The van der Waals surface area contributed by atoms with Crippen LogP contribution in [0.15, 0.2) is 10.4 Å². The van der Waals surface area contributed by atoms with Gasteiger partial charge in [-0.05, 0) is 12.8 Å². The van der Waals surface area contributed by atoms with Crippen LogP contribution in [0.1, 0.15) is 11.4 Å². The highest BCUT2D eigenvalue weighted by Crippen LogP contribution is 2.29. The Morgan fingerprint density at radius 1 is 1.65 bits per heavy atom. The number of aromatic nitrogens is 1. The minimum atomic E-state index is -3.45. The molecule has 94 valence electrons. The van der Waals surface area contributed by atoms with E-state index < -0.39 is 16.0 Å². The molecule has 0 amide bonds. The van der Waals surface area contributed by atoms with Crippen LogP contribution in [-0.4, -0.2) is 41.9 Å². The summed E-state index contributed by atoms with van der Waals surface area (Å²) in [4.78, 5) is 14.4. The first kappa shape index (κ1) is 12.5. The molecule has 1 aromatic rings. The number of aryl methyl sites for hydroxylation is 1. The quantitative estimate of drug-likeness (QED) is 0.867.